The molecule has 1 unspecified atom stereocenters. The molecule has 1 saturated heterocycles. The van der Waals surface area contributed by atoms with E-state index in [-0.39, 0.29) is 13.2 Å². The first kappa shape index (κ1) is 11.2. The molecule has 0 aromatic carbocycles. The van der Waals surface area contributed by atoms with E-state index in [0.29, 0.717) is 4.34 Å². The number of amides is 1. The predicted molar refractivity (Wildman–Crippen MR) is 57.6 cm³/mol. The van der Waals surface area contributed by atoms with Gasteiger partial charge < -0.3 is 9.84 Å². The van der Waals surface area contributed by atoms with E-state index >= 15 is 0 Å². The van der Waals surface area contributed by atoms with Crippen molar-refractivity contribution in [2.24, 2.45) is 0 Å². The lowest BCUT2D eigenvalue weighted by Gasteiger charge is -2.16. The lowest BCUT2D eigenvalue weighted by molar-refractivity contribution is -0.141. The van der Waals surface area contributed by atoms with Gasteiger partial charge in [-0.1, -0.05) is 11.6 Å². The third-order valence-corrected chi connectivity index (χ3v) is 3.43. The molecule has 1 aromatic heterocycles. The Labute approximate surface area is 100 Å². The van der Waals surface area contributed by atoms with E-state index in [4.69, 9.17) is 21.4 Å². The summed E-state index contributed by atoms with van der Waals surface area (Å²) in [5.41, 5.74) is 0. The number of carbonyl (C=O) groups excluding carboxylic acids is 1. The zero-order valence-electron chi connectivity index (χ0n) is 8.05. The highest BCUT2D eigenvalue weighted by Crippen LogP contribution is 2.25. The number of carbonyl (C=O) groups is 2. The normalized spacial score (nSPS) is 19.9. The van der Waals surface area contributed by atoms with Crippen molar-refractivity contribution < 1.29 is 19.4 Å². The Kier molecular flexibility index (Phi) is 3.02. The monoisotopic (exact) mass is 261 g/mol. The van der Waals surface area contributed by atoms with Crippen LogP contribution in [0.3, 0.4) is 0 Å². The molecule has 1 aliphatic rings. The Hall–Kier alpha value is -1.27. The summed E-state index contributed by atoms with van der Waals surface area (Å²) >= 11 is 7.06. The van der Waals surface area contributed by atoms with Gasteiger partial charge in [0, 0.05) is 4.88 Å². The Balaban J connectivity index is 2.12. The van der Waals surface area contributed by atoms with Crippen LogP contribution in [-0.4, -0.2) is 34.7 Å². The number of aliphatic carboxylic acids is 1. The number of thiophene rings is 1. The van der Waals surface area contributed by atoms with Gasteiger partial charge in [-0.3, -0.25) is 4.90 Å². The van der Waals surface area contributed by atoms with Crippen molar-refractivity contribution in [2.45, 2.75) is 12.6 Å². The van der Waals surface area contributed by atoms with Gasteiger partial charge in [-0.2, -0.15) is 0 Å². The fourth-order valence-corrected chi connectivity index (χ4v) is 2.52. The molecule has 0 bridgehead atoms. The van der Waals surface area contributed by atoms with Crippen molar-refractivity contribution in [1.29, 1.82) is 0 Å². The van der Waals surface area contributed by atoms with Crippen LogP contribution in [0.25, 0.3) is 0 Å². The molecule has 1 atom stereocenters. The van der Waals surface area contributed by atoms with E-state index in [1.165, 1.54) is 16.2 Å². The zero-order valence-corrected chi connectivity index (χ0v) is 9.62. The van der Waals surface area contributed by atoms with Gasteiger partial charge in [0.2, 0.25) is 0 Å². The van der Waals surface area contributed by atoms with Crippen LogP contribution in [0.4, 0.5) is 4.79 Å². The van der Waals surface area contributed by atoms with Crippen molar-refractivity contribution in [1.82, 2.24) is 4.90 Å². The molecule has 16 heavy (non-hydrogen) atoms. The Morgan fingerprint density at radius 3 is 3.00 bits per heavy atom. The van der Waals surface area contributed by atoms with E-state index < -0.39 is 18.1 Å². The largest absolute Gasteiger partial charge is 0.480 e. The van der Waals surface area contributed by atoms with Gasteiger partial charge >= 0.3 is 12.1 Å². The Bertz CT molecular complexity index is 433. The minimum atomic E-state index is -1.06. The van der Waals surface area contributed by atoms with E-state index in [0.717, 1.165) is 4.88 Å². The quantitative estimate of drug-likeness (QED) is 0.901. The number of rotatable bonds is 3. The van der Waals surface area contributed by atoms with Crippen molar-refractivity contribution in [3.8, 4) is 0 Å². The van der Waals surface area contributed by atoms with Crippen LogP contribution < -0.4 is 0 Å². The highest BCUT2D eigenvalue weighted by atomic mass is 35.5. The third kappa shape index (κ3) is 2.12. The van der Waals surface area contributed by atoms with Crippen molar-refractivity contribution in [3.63, 3.8) is 0 Å². The molecule has 1 N–H and O–H groups in total. The van der Waals surface area contributed by atoms with Crippen LogP contribution in [0.2, 0.25) is 4.34 Å². The zero-order chi connectivity index (χ0) is 11.7. The highest BCUT2D eigenvalue weighted by Gasteiger charge is 2.38. The molecule has 0 aliphatic carbocycles. The smallest absolute Gasteiger partial charge is 0.411 e. The van der Waals surface area contributed by atoms with Gasteiger partial charge in [0.25, 0.3) is 0 Å². The van der Waals surface area contributed by atoms with Crippen LogP contribution in [0.1, 0.15) is 4.88 Å². The maximum Gasteiger partial charge on any atom is 0.411 e. The van der Waals surface area contributed by atoms with Crippen molar-refractivity contribution >= 4 is 35.0 Å². The molecule has 1 aromatic rings. The first-order chi connectivity index (χ1) is 7.58. The molecular formula is C9H8ClNO4S. The van der Waals surface area contributed by atoms with Gasteiger partial charge in [0.1, 0.15) is 6.61 Å². The highest BCUT2D eigenvalue weighted by molar-refractivity contribution is 7.16. The average Bonchev–Trinajstić information content (AvgIpc) is 2.76. The SMILES string of the molecule is O=C(O)C1COC(=O)N1Cc1ccc(Cl)s1. The number of carboxylic acids is 1. The molecule has 0 saturated carbocycles. The second-order valence-electron chi connectivity index (χ2n) is 3.26. The van der Waals surface area contributed by atoms with Gasteiger partial charge in [-0.25, -0.2) is 9.59 Å². The number of hydrogen-bond acceptors (Lipinski definition) is 4. The average molecular weight is 262 g/mol. The molecule has 86 valence electrons. The molecule has 2 heterocycles. The standard InChI is InChI=1S/C9H8ClNO4S/c10-7-2-1-5(16-7)3-11-6(8(12)13)4-15-9(11)14/h1-2,6H,3-4H2,(H,12,13). The fraction of sp³-hybridized carbons (Fsp3) is 0.333. The number of halogens is 1. The van der Waals surface area contributed by atoms with E-state index in [2.05, 4.69) is 0 Å². The van der Waals surface area contributed by atoms with E-state index in [9.17, 15) is 9.59 Å². The first-order valence-corrected chi connectivity index (χ1v) is 5.68. The van der Waals surface area contributed by atoms with Crippen LogP contribution in [0.5, 0.6) is 0 Å². The van der Waals surface area contributed by atoms with Gasteiger partial charge in [0.15, 0.2) is 6.04 Å². The Morgan fingerprint density at radius 2 is 2.44 bits per heavy atom. The number of ether oxygens (including phenoxy) is 1. The summed E-state index contributed by atoms with van der Waals surface area (Å²) in [7, 11) is 0. The van der Waals surface area contributed by atoms with Crippen molar-refractivity contribution in [3.05, 3.63) is 21.3 Å². The molecule has 7 heteroatoms. The summed E-state index contributed by atoms with van der Waals surface area (Å²) in [6.45, 7) is 0.112. The molecule has 1 amide bonds. The summed E-state index contributed by atoms with van der Waals surface area (Å²) in [6.07, 6.45) is -0.600. The summed E-state index contributed by atoms with van der Waals surface area (Å²) in [4.78, 5) is 24.2. The van der Waals surface area contributed by atoms with Crippen LogP contribution >= 0.6 is 22.9 Å². The van der Waals surface area contributed by atoms with Crippen molar-refractivity contribution in [2.75, 3.05) is 6.61 Å². The molecular weight excluding hydrogens is 254 g/mol. The van der Waals surface area contributed by atoms with E-state index in [1.807, 2.05) is 0 Å². The first-order valence-electron chi connectivity index (χ1n) is 4.48. The summed E-state index contributed by atoms with van der Waals surface area (Å²) in [6, 6.07) is 2.56. The molecule has 5 nitrogen and oxygen atoms in total. The predicted octanol–water partition coefficient (Wildman–Crippen LogP) is 1.81. The summed E-state index contributed by atoms with van der Waals surface area (Å²) in [5, 5.41) is 8.89. The van der Waals surface area contributed by atoms with E-state index in [1.54, 1.807) is 12.1 Å². The number of nitrogens with zero attached hydrogens (tertiary/aromatic N) is 1. The van der Waals surface area contributed by atoms with Gasteiger partial charge in [-0.15, -0.1) is 11.3 Å². The third-order valence-electron chi connectivity index (χ3n) is 2.22. The molecule has 1 aliphatic heterocycles. The second kappa shape index (κ2) is 4.31. The number of carboxylic acid groups (broad SMARTS) is 1. The fourth-order valence-electron chi connectivity index (χ4n) is 1.43. The maximum absolute atomic E-state index is 11.3. The van der Waals surface area contributed by atoms with Gasteiger partial charge in [-0.05, 0) is 12.1 Å². The lowest BCUT2D eigenvalue weighted by Crippen LogP contribution is -2.38. The minimum absolute atomic E-state index is 0.104. The Morgan fingerprint density at radius 1 is 1.69 bits per heavy atom. The topological polar surface area (TPSA) is 66.8 Å². The minimum Gasteiger partial charge on any atom is -0.480 e. The molecule has 0 radical (unpaired) electrons. The maximum atomic E-state index is 11.3. The molecule has 0 spiro atoms. The number of hydrogen-bond donors (Lipinski definition) is 1. The van der Waals surface area contributed by atoms with Crippen LogP contribution in [0.15, 0.2) is 12.1 Å². The summed E-state index contributed by atoms with van der Waals surface area (Å²) in [5.74, 6) is -1.06. The second-order valence-corrected chi connectivity index (χ2v) is 5.06. The molecule has 1 fully saturated rings. The lowest BCUT2D eigenvalue weighted by atomic mass is 10.3. The van der Waals surface area contributed by atoms with Crippen LogP contribution in [-0.2, 0) is 16.1 Å². The number of cyclic esters (lactones) is 1. The van der Waals surface area contributed by atoms with Crippen LogP contribution in [0, 0.1) is 0 Å². The van der Waals surface area contributed by atoms with Gasteiger partial charge in [0.05, 0.1) is 10.9 Å². The summed E-state index contributed by atoms with van der Waals surface area (Å²) < 4.78 is 5.30. The molecule has 2 rings (SSSR count).